The predicted molar refractivity (Wildman–Crippen MR) is 47.3 cm³/mol. The lowest BCUT2D eigenvalue weighted by Gasteiger charge is -2.34. The van der Waals surface area contributed by atoms with Crippen molar-refractivity contribution in [1.29, 1.82) is 0 Å². The van der Waals surface area contributed by atoms with Crippen LogP contribution < -0.4 is 0 Å². The van der Waals surface area contributed by atoms with E-state index in [1.807, 2.05) is 13.8 Å². The standard InChI is InChI=1S/C9H13NO4/c1-5(2)3-6(9(13)14)10-7(11)4-8(10)12/h5-6H,3-4H2,1-2H3,(H,13,14)/t6-/m1/s1. The fourth-order valence-corrected chi connectivity index (χ4v) is 1.46. The number of amides is 2. The molecule has 2 amide bonds. The number of carboxylic acids is 1. The second-order valence-corrected chi connectivity index (χ2v) is 3.82. The fourth-order valence-electron chi connectivity index (χ4n) is 1.46. The number of imide groups is 1. The number of β-lactam (4-membered cyclic amide) rings is 2. The third kappa shape index (κ3) is 1.92. The summed E-state index contributed by atoms with van der Waals surface area (Å²) in [5.41, 5.74) is 0. The number of hydrogen-bond donors (Lipinski definition) is 1. The predicted octanol–water partition coefficient (Wildman–Crippen LogP) is 0.245. The molecular formula is C9H13NO4. The molecule has 0 aliphatic carbocycles. The number of likely N-dealkylation sites (tertiary alicyclic amines) is 1. The molecule has 0 bridgehead atoms. The van der Waals surface area contributed by atoms with Crippen molar-refractivity contribution in [3.8, 4) is 0 Å². The summed E-state index contributed by atoms with van der Waals surface area (Å²) >= 11 is 0. The van der Waals surface area contributed by atoms with Crippen LogP contribution >= 0.6 is 0 Å². The van der Waals surface area contributed by atoms with E-state index in [0.29, 0.717) is 6.42 Å². The van der Waals surface area contributed by atoms with Crippen molar-refractivity contribution in [2.75, 3.05) is 0 Å². The van der Waals surface area contributed by atoms with Crippen molar-refractivity contribution in [3.05, 3.63) is 0 Å². The summed E-state index contributed by atoms with van der Waals surface area (Å²) < 4.78 is 0. The van der Waals surface area contributed by atoms with Crippen molar-refractivity contribution in [2.45, 2.75) is 32.7 Å². The lowest BCUT2D eigenvalue weighted by atomic mass is 9.99. The minimum absolute atomic E-state index is 0.136. The summed E-state index contributed by atoms with van der Waals surface area (Å²) in [4.78, 5) is 33.7. The molecule has 0 saturated carbocycles. The van der Waals surface area contributed by atoms with Gasteiger partial charge >= 0.3 is 5.97 Å². The van der Waals surface area contributed by atoms with Gasteiger partial charge in [-0.15, -0.1) is 0 Å². The van der Waals surface area contributed by atoms with Crippen LogP contribution in [0.4, 0.5) is 0 Å². The van der Waals surface area contributed by atoms with Gasteiger partial charge in [0.2, 0.25) is 11.8 Å². The molecule has 1 rings (SSSR count). The van der Waals surface area contributed by atoms with Gasteiger partial charge < -0.3 is 5.11 Å². The molecule has 1 N–H and O–H groups in total. The number of rotatable bonds is 4. The van der Waals surface area contributed by atoms with Crippen molar-refractivity contribution < 1.29 is 19.5 Å². The number of carbonyl (C=O) groups excluding carboxylic acids is 2. The molecule has 1 atom stereocenters. The molecule has 1 aliphatic heterocycles. The summed E-state index contributed by atoms with van der Waals surface area (Å²) in [6.45, 7) is 3.70. The highest BCUT2D eigenvalue weighted by Crippen LogP contribution is 2.20. The number of hydrogen-bond acceptors (Lipinski definition) is 3. The SMILES string of the molecule is CC(C)C[C@H](C(=O)O)N1C(=O)CC1=O. The van der Waals surface area contributed by atoms with Gasteiger partial charge in [0.05, 0.1) is 0 Å². The van der Waals surface area contributed by atoms with Crippen molar-refractivity contribution in [3.63, 3.8) is 0 Å². The van der Waals surface area contributed by atoms with E-state index in [1.54, 1.807) is 0 Å². The van der Waals surface area contributed by atoms with Gasteiger partial charge in [-0.1, -0.05) is 13.8 Å². The van der Waals surface area contributed by atoms with Gasteiger partial charge in [0.25, 0.3) is 0 Å². The lowest BCUT2D eigenvalue weighted by molar-refractivity contribution is -0.168. The molecule has 5 nitrogen and oxygen atoms in total. The van der Waals surface area contributed by atoms with Crippen LogP contribution in [0.5, 0.6) is 0 Å². The van der Waals surface area contributed by atoms with E-state index in [4.69, 9.17) is 5.11 Å². The monoisotopic (exact) mass is 199 g/mol. The highest BCUT2D eigenvalue weighted by molar-refractivity contribution is 6.16. The molecule has 1 heterocycles. The summed E-state index contributed by atoms with van der Waals surface area (Å²) in [5, 5.41) is 8.85. The first kappa shape index (κ1) is 10.7. The molecule has 1 fully saturated rings. The lowest BCUT2D eigenvalue weighted by Crippen LogP contribution is -2.57. The van der Waals surface area contributed by atoms with E-state index in [-0.39, 0.29) is 24.2 Å². The van der Waals surface area contributed by atoms with Gasteiger partial charge in [-0.2, -0.15) is 0 Å². The third-order valence-corrected chi connectivity index (χ3v) is 2.13. The maximum atomic E-state index is 11.0. The van der Waals surface area contributed by atoms with Crippen molar-refractivity contribution in [2.24, 2.45) is 5.92 Å². The molecule has 0 aromatic rings. The van der Waals surface area contributed by atoms with Crippen LogP contribution in [0.2, 0.25) is 0 Å². The van der Waals surface area contributed by atoms with Crippen molar-refractivity contribution >= 4 is 17.8 Å². The largest absolute Gasteiger partial charge is 0.480 e. The summed E-state index contributed by atoms with van der Waals surface area (Å²) in [6.07, 6.45) is 0.161. The minimum Gasteiger partial charge on any atom is -0.480 e. The quantitative estimate of drug-likeness (QED) is 0.520. The average Bonchev–Trinajstić information content (AvgIpc) is 2.01. The Bertz CT molecular complexity index is 271. The van der Waals surface area contributed by atoms with Gasteiger partial charge in [0.15, 0.2) is 0 Å². The highest BCUT2D eigenvalue weighted by Gasteiger charge is 2.42. The van der Waals surface area contributed by atoms with Crippen LogP contribution in [0, 0.1) is 5.92 Å². The Morgan fingerprint density at radius 2 is 1.93 bits per heavy atom. The molecule has 0 spiro atoms. The Kier molecular flexibility index (Phi) is 2.88. The third-order valence-electron chi connectivity index (χ3n) is 2.13. The van der Waals surface area contributed by atoms with E-state index in [9.17, 15) is 14.4 Å². The highest BCUT2D eigenvalue weighted by atomic mass is 16.4. The number of nitrogens with zero attached hydrogens (tertiary/aromatic N) is 1. The number of aliphatic carboxylic acids is 1. The Morgan fingerprint density at radius 3 is 2.21 bits per heavy atom. The summed E-state index contributed by atoms with van der Waals surface area (Å²) in [7, 11) is 0. The van der Waals surface area contributed by atoms with Gasteiger partial charge in [-0.05, 0) is 12.3 Å². The first-order valence-electron chi connectivity index (χ1n) is 4.51. The van der Waals surface area contributed by atoms with E-state index in [2.05, 4.69) is 0 Å². The Balaban J connectivity index is 2.72. The van der Waals surface area contributed by atoms with E-state index >= 15 is 0 Å². The van der Waals surface area contributed by atoms with E-state index in [0.717, 1.165) is 4.90 Å². The number of carboxylic acid groups (broad SMARTS) is 1. The first-order valence-corrected chi connectivity index (χ1v) is 4.51. The zero-order valence-electron chi connectivity index (χ0n) is 8.19. The zero-order chi connectivity index (χ0) is 10.9. The molecule has 14 heavy (non-hydrogen) atoms. The van der Waals surface area contributed by atoms with E-state index in [1.165, 1.54) is 0 Å². The smallest absolute Gasteiger partial charge is 0.326 e. The zero-order valence-corrected chi connectivity index (χ0v) is 8.19. The van der Waals surface area contributed by atoms with Gasteiger partial charge in [0.1, 0.15) is 12.5 Å². The number of carbonyl (C=O) groups is 3. The first-order chi connectivity index (χ1) is 6.43. The van der Waals surface area contributed by atoms with Crippen LogP contribution in [0.25, 0.3) is 0 Å². The van der Waals surface area contributed by atoms with Gasteiger partial charge in [-0.25, -0.2) is 4.79 Å². The molecule has 0 radical (unpaired) electrons. The second kappa shape index (κ2) is 3.77. The van der Waals surface area contributed by atoms with E-state index < -0.39 is 12.0 Å². The molecule has 0 unspecified atom stereocenters. The topological polar surface area (TPSA) is 74.7 Å². The second-order valence-electron chi connectivity index (χ2n) is 3.82. The maximum absolute atomic E-state index is 11.0. The minimum atomic E-state index is -1.11. The van der Waals surface area contributed by atoms with Crippen LogP contribution in [0.15, 0.2) is 0 Å². The van der Waals surface area contributed by atoms with Gasteiger partial charge in [0, 0.05) is 0 Å². The molecule has 1 aliphatic rings. The maximum Gasteiger partial charge on any atom is 0.326 e. The van der Waals surface area contributed by atoms with Gasteiger partial charge in [-0.3, -0.25) is 14.5 Å². The summed E-state index contributed by atoms with van der Waals surface area (Å²) in [5.74, 6) is -1.75. The van der Waals surface area contributed by atoms with Crippen LogP contribution in [0.1, 0.15) is 26.7 Å². The molecule has 78 valence electrons. The summed E-state index contributed by atoms with van der Waals surface area (Å²) in [6, 6.07) is -0.983. The molecular weight excluding hydrogens is 186 g/mol. The Labute approximate surface area is 81.7 Å². The van der Waals surface area contributed by atoms with Crippen LogP contribution in [-0.2, 0) is 14.4 Å². The van der Waals surface area contributed by atoms with Crippen molar-refractivity contribution in [1.82, 2.24) is 4.90 Å². The molecule has 0 aromatic carbocycles. The Hall–Kier alpha value is -1.39. The molecule has 0 aromatic heterocycles. The fraction of sp³-hybridized carbons (Fsp3) is 0.667. The molecule has 5 heteroatoms. The average molecular weight is 199 g/mol. The Morgan fingerprint density at radius 1 is 1.43 bits per heavy atom. The normalized spacial score (nSPS) is 18.4. The van der Waals surface area contributed by atoms with Crippen LogP contribution in [-0.4, -0.2) is 33.8 Å². The molecule has 1 saturated heterocycles. The van der Waals surface area contributed by atoms with Crippen LogP contribution in [0.3, 0.4) is 0 Å².